The fraction of sp³-hybridized carbons (Fsp3) is 0.429. The van der Waals surface area contributed by atoms with Crippen LogP contribution >= 0.6 is 11.8 Å². The van der Waals surface area contributed by atoms with E-state index >= 15 is 0 Å². The fourth-order valence-corrected chi connectivity index (χ4v) is 3.64. The number of hydrogen-bond acceptors (Lipinski definition) is 7. The van der Waals surface area contributed by atoms with Crippen LogP contribution in [0.4, 0.5) is 0 Å². The van der Waals surface area contributed by atoms with E-state index in [4.69, 9.17) is 14.6 Å². The van der Waals surface area contributed by atoms with Crippen LogP contribution < -0.4 is 14.6 Å². The van der Waals surface area contributed by atoms with Crippen LogP contribution in [0.15, 0.2) is 23.5 Å². The van der Waals surface area contributed by atoms with E-state index < -0.39 is 10.0 Å². The van der Waals surface area contributed by atoms with Gasteiger partial charge in [0.2, 0.25) is 10.0 Å². The smallest absolute Gasteiger partial charge is 0.209 e. The summed E-state index contributed by atoms with van der Waals surface area (Å²) in [5.41, 5.74) is 0.768. The van der Waals surface area contributed by atoms with E-state index in [1.54, 1.807) is 32.0 Å². The number of nitrogens with zero attached hydrogens (tertiary/aromatic N) is 2. The molecular formula is C14H19N3O4S2. The normalized spacial score (nSPS) is 11.6. The molecule has 0 amide bonds. The molecule has 1 aromatic heterocycles. The third kappa shape index (κ3) is 4.95. The average Bonchev–Trinajstić information content (AvgIpc) is 2.52. The van der Waals surface area contributed by atoms with Crippen molar-refractivity contribution in [1.29, 1.82) is 0 Å². The molecule has 0 spiro atoms. The molecule has 0 saturated carbocycles. The summed E-state index contributed by atoms with van der Waals surface area (Å²) in [7, 11) is -0.234. The van der Waals surface area contributed by atoms with Gasteiger partial charge in [-0.25, -0.2) is 23.5 Å². The molecule has 0 unspecified atom stereocenters. The first-order valence-electron chi connectivity index (χ1n) is 6.94. The van der Waals surface area contributed by atoms with Gasteiger partial charge in [0, 0.05) is 11.5 Å². The van der Waals surface area contributed by atoms with Crippen LogP contribution in [-0.4, -0.2) is 44.1 Å². The van der Waals surface area contributed by atoms with Crippen molar-refractivity contribution in [2.45, 2.75) is 17.9 Å². The van der Waals surface area contributed by atoms with Crippen molar-refractivity contribution in [2.24, 2.45) is 5.14 Å². The van der Waals surface area contributed by atoms with Gasteiger partial charge in [0.25, 0.3) is 0 Å². The summed E-state index contributed by atoms with van der Waals surface area (Å²) < 4.78 is 32.4. The van der Waals surface area contributed by atoms with Crippen LogP contribution in [-0.2, 0) is 10.0 Å². The van der Waals surface area contributed by atoms with Crippen molar-refractivity contribution >= 4 is 32.7 Å². The van der Waals surface area contributed by atoms with E-state index in [2.05, 4.69) is 9.97 Å². The standard InChI is InChI=1S/C14H19N3O4S2/c1-20-12-7-10-11(8-13(12)21-2)16-9-17-14(10)22-5-3-4-6-23(15,18)19/h7-9H,3-6H2,1-2H3,(H2,15,18,19). The summed E-state index contributed by atoms with van der Waals surface area (Å²) in [5, 5.41) is 6.68. The van der Waals surface area contributed by atoms with Crippen LogP contribution in [0.25, 0.3) is 10.9 Å². The lowest BCUT2D eigenvalue weighted by molar-refractivity contribution is 0.355. The molecule has 0 aliphatic carbocycles. The molecule has 0 saturated heterocycles. The first kappa shape index (κ1) is 17.8. The number of hydrogen-bond donors (Lipinski definition) is 1. The van der Waals surface area contributed by atoms with E-state index in [1.165, 1.54) is 6.33 Å². The molecular weight excluding hydrogens is 338 g/mol. The first-order valence-corrected chi connectivity index (χ1v) is 9.64. The lowest BCUT2D eigenvalue weighted by Gasteiger charge is -2.10. The van der Waals surface area contributed by atoms with Crippen molar-refractivity contribution in [2.75, 3.05) is 25.7 Å². The Hall–Kier alpha value is -1.58. The maximum atomic E-state index is 10.9. The van der Waals surface area contributed by atoms with E-state index in [9.17, 15) is 8.42 Å². The first-order chi connectivity index (χ1) is 10.9. The number of fused-ring (bicyclic) bond motifs is 1. The van der Waals surface area contributed by atoms with Crippen LogP contribution in [0.5, 0.6) is 11.5 Å². The molecule has 0 bridgehead atoms. The van der Waals surface area contributed by atoms with Crippen molar-refractivity contribution in [3.63, 3.8) is 0 Å². The third-order valence-electron chi connectivity index (χ3n) is 3.17. The number of nitrogens with two attached hydrogens (primary N) is 1. The van der Waals surface area contributed by atoms with Crippen molar-refractivity contribution in [3.05, 3.63) is 18.5 Å². The van der Waals surface area contributed by atoms with E-state index in [1.807, 2.05) is 6.07 Å². The van der Waals surface area contributed by atoms with Crippen LogP contribution in [0.2, 0.25) is 0 Å². The second-order valence-corrected chi connectivity index (χ2v) is 7.64. The Balaban J connectivity index is 2.11. The molecule has 0 aliphatic rings. The van der Waals surface area contributed by atoms with Crippen LogP contribution in [0.1, 0.15) is 12.8 Å². The lowest BCUT2D eigenvalue weighted by Crippen LogP contribution is -2.16. The highest BCUT2D eigenvalue weighted by Crippen LogP contribution is 2.34. The van der Waals surface area contributed by atoms with Crippen molar-refractivity contribution < 1.29 is 17.9 Å². The second-order valence-electron chi connectivity index (χ2n) is 4.83. The maximum absolute atomic E-state index is 10.9. The molecule has 2 aromatic rings. The average molecular weight is 357 g/mol. The zero-order valence-corrected chi connectivity index (χ0v) is 14.6. The van der Waals surface area contributed by atoms with Gasteiger partial charge in [-0.2, -0.15) is 0 Å². The zero-order valence-electron chi connectivity index (χ0n) is 13.0. The Morgan fingerprint density at radius 2 is 1.83 bits per heavy atom. The molecule has 0 radical (unpaired) electrons. The van der Waals surface area contributed by atoms with E-state index in [0.29, 0.717) is 17.9 Å². The van der Waals surface area contributed by atoms with Gasteiger partial charge in [-0.05, 0) is 24.7 Å². The number of rotatable bonds is 8. The van der Waals surface area contributed by atoms with Gasteiger partial charge >= 0.3 is 0 Å². The van der Waals surface area contributed by atoms with Gasteiger partial charge in [0.15, 0.2) is 11.5 Å². The summed E-state index contributed by atoms with van der Waals surface area (Å²) in [5.74, 6) is 1.98. The molecule has 9 heteroatoms. The minimum absolute atomic E-state index is 0.00308. The van der Waals surface area contributed by atoms with Gasteiger partial charge < -0.3 is 9.47 Å². The molecule has 0 fully saturated rings. The molecule has 1 heterocycles. The molecule has 2 N–H and O–H groups in total. The zero-order chi connectivity index (χ0) is 16.9. The van der Waals surface area contributed by atoms with Crippen LogP contribution in [0.3, 0.4) is 0 Å². The Kier molecular flexibility index (Phi) is 6.03. The second kappa shape index (κ2) is 7.80. The largest absolute Gasteiger partial charge is 0.493 e. The number of ether oxygens (including phenoxy) is 2. The van der Waals surface area contributed by atoms with Gasteiger partial charge in [-0.15, -0.1) is 11.8 Å². The Morgan fingerprint density at radius 3 is 2.48 bits per heavy atom. The third-order valence-corrected chi connectivity index (χ3v) is 5.12. The van der Waals surface area contributed by atoms with Crippen molar-refractivity contribution in [1.82, 2.24) is 9.97 Å². The van der Waals surface area contributed by atoms with Crippen molar-refractivity contribution in [3.8, 4) is 11.5 Å². The highest BCUT2D eigenvalue weighted by molar-refractivity contribution is 7.99. The number of primary sulfonamides is 1. The number of unbranched alkanes of at least 4 members (excludes halogenated alkanes) is 1. The minimum atomic E-state index is -3.39. The number of benzene rings is 1. The maximum Gasteiger partial charge on any atom is 0.209 e. The number of sulfonamides is 1. The Bertz CT molecular complexity index is 781. The molecule has 0 aliphatic heterocycles. The minimum Gasteiger partial charge on any atom is -0.493 e. The topological polar surface area (TPSA) is 104 Å². The highest BCUT2D eigenvalue weighted by atomic mass is 32.2. The summed E-state index contributed by atoms with van der Waals surface area (Å²) in [4.78, 5) is 8.54. The summed E-state index contributed by atoms with van der Waals surface area (Å²) in [6, 6.07) is 3.65. The van der Waals surface area contributed by atoms with E-state index in [-0.39, 0.29) is 5.75 Å². The van der Waals surface area contributed by atoms with Crippen LogP contribution in [0, 0.1) is 0 Å². The Labute approximate surface area is 139 Å². The molecule has 2 rings (SSSR count). The molecule has 23 heavy (non-hydrogen) atoms. The van der Waals surface area contributed by atoms with E-state index in [0.717, 1.165) is 28.1 Å². The van der Waals surface area contributed by atoms with Gasteiger partial charge in [-0.1, -0.05) is 0 Å². The predicted octanol–water partition coefficient (Wildman–Crippen LogP) is 1.81. The summed E-state index contributed by atoms with van der Waals surface area (Å²) in [6.45, 7) is 0. The molecule has 0 atom stereocenters. The number of methoxy groups -OCH3 is 2. The SMILES string of the molecule is COc1cc2ncnc(SCCCCS(N)(=O)=O)c2cc1OC. The quantitative estimate of drug-likeness (QED) is 0.436. The molecule has 7 nitrogen and oxygen atoms in total. The molecule has 126 valence electrons. The lowest BCUT2D eigenvalue weighted by atomic mass is 10.2. The predicted molar refractivity (Wildman–Crippen MR) is 90.6 cm³/mol. The van der Waals surface area contributed by atoms with Gasteiger partial charge in [0.05, 0.1) is 25.5 Å². The summed E-state index contributed by atoms with van der Waals surface area (Å²) in [6.07, 6.45) is 2.77. The highest BCUT2D eigenvalue weighted by Gasteiger charge is 2.11. The monoisotopic (exact) mass is 357 g/mol. The van der Waals surface area contributed by atoms with Gasteiger partial charge in [-0.3, -0.25) is 0 Å². The number of thioether (sulfide) groups is 1. The Morgan fingerprint density at radius 1 is 1.13 bits per heavy atom. The van der Waals surface area contributed by atoms with Gasteiger partial charge in [0.1, 0.15) is 11.4 Å². The number of aromatic nitrogens is 2. The fourth-order valence-electron chi connectivity index (χ4n) is 2.05. The molecule has 1 aromatic carbocycles. The summed E-state index contributed by atoms with van der Waals surface area (Å²) >= 11 is 1.55.